The lowest BCUT2D eigenvalue weighted by Gasteiger charge is -2.13. The summed E-state index contributed by atoms with van der Waals surface area (Å²) in [7, 11) is 0. The molecule has 2 rings (SSSR count). The van der Waals surface area contributed by atoms with Gasteiger partial charge in [-0.25, -0.2) is 0 Å². The second-order valence-corrected chi connectivity index (χ2v) is 6.17. The summed E-state index contributed by atoms with van der Waals surface area (Å²) in [5.41, 5.74) is 5.01. The first kappa shape index (κ1) is 17.4. The second-order valence-electron chi connectivity index (χ2n) is 6.17. The van der Waals surface area contributed by atoms with Gasteiger partial charge in [-0.15, -0.1) is 0 Å². The first-order chi connectivity index (χ1) is 11.2. The number of unbranched alkanes of at least 4 members (excludes halogenated alkanes) is 3. The van der Waals surface area contributed by atoms with Crippen molar-refractivity contribution in [3.05, 3.63) is 59.2 Å². The van der Waals surface area contributed by atoms with Crippen LogP contribution in [0, 0.1) is 13.8 Å². The van der Waals surface area contributed by atoms with E-state index in [0.29, 0.717) is 0 Å². The number of benzene rings is 2. The molecule has 0 bridgehead atoms. The van der Waals surface area contributed by atoms with Crippen molar-refractivity contribution in [1.82, 2.24) is 0 Å². The number of ether oxygens (including phenoxy) is 1. The van der Waals surface area contributed by atoms with Crippen LogP contribution < -0.4 is 10.1 Å². The zero-order valence-electron chi connectivity index (χ0n) is 14.7. The molecule has 0 saturated heterocycles. The molecule has 0 aliphatic carbocycles. The number of nitrogens with one attached hydrogen (secondary N) is 1. The van der Waals surface area contributed by atoms with Gasteiger partial charge in [0.15, 0.2) is 0 Å². The molecule has 0 radical (unpaired) electrons. The molecule has 0 saturated carbocycles. The summed E-state index contributed by atoms with van der Waals surface area (Å²) in [6.07, 6.45) is 4.93. The molecule has 0 amide bonds. The minimum absolute atomic E-state index is 0.785. The lowest BCUT2D eigenvalue weighted by atomic mass is 10.1. The largest absolute Gasteiger partial charge is 0.493 e. The van der Waals surface area contributed by atoms with Crippen LogP contribution in [0.2, 0.25) is 0 Å². The highest BCUT2D eigenvalue weighted by molar-refractivity contribution is 5.49. The summed E-state index contributed by atoms with van der Waals surface area (Å²) in [4.78, 5) is 0. The van der Waals surface area contributed by atoms with Gasteiger partial charge in [-0.3, -0.25) is 0 Å². The van der Waals surface area contributed by atoms with Crippen molar-refractivity contribution in [1.29, 1.82) is 0 Å². The Morgan fingerprint density at radius 3 is 2.52 bits per heavy atom. The molecule has 2 heteroatoms. The number of anilines is 1. The van der Waals surface area contributed by atoms with Crippen molar-refractivity contribution in [3.63, 3.8) is 0 Å². The third kappa shape index (κ3) is 5.63. The monoisotopic (exact) mass is 311 g/mol. The summed E-state index contributed by atoms with van der Waals surface area (Å²) >= 11 is 0. The summed E-state index contributed by atoms with van der Waals surface area (Å²) in [5, 5.41) is 3.50. The fourth-order valence-corrected chi connectivity index (χ4v) is 2.55. The molecule has 23 heavy (non-hydrogen) atoms. The topological polar surface area (TPSA) is 21.3 Å². The number of rotatable bonds is 9. The molecule has 0 aliphatic rings. The average Bonchev–Trinajstić information content (AvgIpc) is 2.57. The molecule has 0 aliphatic heterocycles. The number of hydrogen-bond acceptors (Lipinski definition) is 2. The summed E-state index contributed by atoms with van der Waals surface area (Å²) < 4.78 is 5.97. The maximum atomic E-state index is 5.97. The quantitative estimate of drug-likeness (QED) is 0.584. The van der Waals surface area contributed by atoms with E-state index in [1.165, 1.54) is 36.0 Å². The molecule has 0 atom stereocenters. The van der Waals surface area contributed by atoms with Gasteiger partial charge in [0, 0.05) is 17.8 Å². The Labute approximate surface area is 140 Å². The van der Waals surface area contributed by atoms with Crippen LogP contribution in [0.5, 0.6) is 5.75 Å². The highest BCUT2D eigenvalue weighted by atomic mass is 16.5. The van der Waals surface area contributed by atoms with Crippen LogP contribution in [-0.2, 0) is 6.54 Å². The number of aryl methyl sites for hydroxylation is 2. The fraction of sp³-hybridized carbons (Fsp3) is 0.429. The molecule has 2 aromatic carbocycles. The van der Waals surface area contributed by atoms with E-state index >= 15 is 0 Å². The molecule has 0 fully saturated rings. The first-order valence-electron chi connectivity index (χ1n) is 8.72. The smallest absolute Gasteiger partial charge is 0.124 e. The van der Waals surface area contributed by atoms with E-state index in [2.05, 4.69) is 62.5 Å². The van der Waals surface area contributed by atoms with E-state index < -0.39 is 0 Å². The highest BCUT2D eigenvalue weighted by Gasteiger charge is 2.03. The molecule has 1 N–H and O–H groups in total. The van der Waals surface area contributed by atoms with Crippen molar-refractivity contribution >= 4 is 5.69 Å². The molecular formula is C21H29NO. The van der Waals surface area contributed by atoms with Crippen LogP contribution in [0.3, 0.4) is 0 Å². The lowest BCUT2D eigenvalue weighted by molar-refractivity contribution is 0.302. The minimum Gasteiger partial charge on any atom is -0.493 e. The molecule has 0 aromatic heterocycles. The number of hydrogen-bond donors (Lipinski definition) is 1. The van der Waals surface area contributed by atoms with Gasteiger partial charge < -0.3 is 10.1 Å². The highest BCUT2D eigenvalue weighted by Crippen LogP contribution is 2.21. The third-order valence-corrected chi connectivity index (χ3v) is 4.22. The molecule has 0 unspecified atom stereocenters. The lowest BCUT2D eigenvalue weighted by Crippen LogP contribution is -2.04. The minimum atomic E-state index is 0.785. The number of para-hydroxylation sites is 1. The van der Waals surface area contributed by atoms with Crippen LogP contribution in [-0.4, -0.2) is 6.61 Å². The van der Waals surface area contributed by atoms with Crippen LogP contribution in [0.1, 0.15) is 49.3 Å². The van der Waals surface area contributed by atoms with E-state index in [0.717, 1.165) is 31.0 Å². The maximum Gasteiger partial charge on any atom is 0.124 e. The third-order valence-electron chi connectivity index (χ3n) is 4.22. The van der Waals surface area contributed by atoms with Gasteiger partial charge in [-0.1, -0.05) is 50.5 Å². The Balaban J connectivity index is 1.90. The first-order valence-corrected chi connectivity index (χ1v) is 8.72. The Morgan fingerprint density at radius 2 is 1.74 bits per heavy atom. The van der Waals surface area contributed by atoms with Crippen molar-refractivity contribution in [3.8, 4) is 5.75 Å². The van der Waals surface area contributed by atoms with E-state index in [1.54, 1.807) is 0 Å². The standard InChI is InChI=1S/C21H29NO/c1-4-5-6-9-14-23-21-11-8-7-10-19(21)16-22-20-13-12-17(2)18(3)15-20/h7-8,10-13,15,22H,4-6,9,14,16H2,1-3H3. The van der Waals surface area contributed by atoms with Gasteiger partial charge in [0.1, 0.15) is 5.75 Å². The van der Waals surface area contributed by atoms with Gasteiger partial charge in [0.05, 0.1) is 6.61 Å². The Bertz CT molecular complexity index is 607. The molecular weight excluding hydrogens is 282 g/mol. The molecule has 2 nitrogen and oxygen atoms in total. The van der Waals surface area contributed by atoms with E-state index in [-0.39, 0.29) is 0 Å². The Hall–Kier alpha value is -1.96. The Morgan fingerprint density at radius 1 is 0.913 bits per heavy atom. The van der Waals surface area contributed by atoms with Gasteiger partial charge >= 0.3 is 0 Å². The predicted molar refractivity (Wildman–Crippen MR) is 99.3 cm³/mol. The SMILES string of the molecule is CCCCCCOc1ccccc1CNc1ccc(C)c(C)c1. The van der Waals surface area contributed by atoms with Crippen molar-refractivity contribution in [2.45, 2.75) is 53.0 Å². The zero-order chi connectivity index (χ0) is 16.5. The Kier molecular flexibility index (Phi) is 6.99. The molecule has 0 spiro atoms. The van der Waals surface area contributed by atoms with Gasteiger partial charge in [0.2, 0.25) is 0 Å². The fourth-order valence-electron chi connectivity index (χ4n) is 2.55. The van der Waals surface area contributed by atoms with Gasteiger partial charge in [0.25, 0.3) is 0 Å². The van der Waals surface area contributed by atoms with Crippen molar-refractivity contribution < 1.29 is 4.74 Å². The van der Waals surface area contributed by atoms with E-state index in [4.69, 9.17) is 4.74 Å². The van der Waals surface area contributed by atoms with Crippen LogP contribution >= 0.6 is 0 Å². The molecule has 2 aromatic rings. The molecule has 0 heterocycles. The summed E-state index contributed by atoms with van der Waals surface area (Å²) in [5.74, 6) is 1.00. The van der Waals surface area contributed by atoms with Gasteiger partial charge in [-0.2, -0.15) is 0 Å². The predicted octanol–water partition coefficient (Wildman–Crippen LogP) is 5.87. The molecule has 124 valence electrons. The van der Waals surface area contributed by atoms with Crippen LogP contribution in [0.4, 0.5) is 5.69 Å². The zero-order valence-corrected chi connectivity index (χ0v) is 14.7. The van der Waals surface area contributed by atoms with Crippen LogP contribution in [0.15, 0.2) is 42.5 Å². The maximum absolute atomic E-state index is 5.97. The summed E-state index contributed by atoms with van der Waals surface area (Å²) in [6.45, 7) is 8.11. The van der Waals surface area contributed by atoms with Crippen LogP contribution in [0.25, 0.3) is 0 Å². The van der Waals surface area contributed by atoms with Gasteiger partial charge in [-0.05, 0) is 49.6 Å². The second kappa shape index (κ2) is 9.24. The average molecular weight is 311 g/mol. The summed E-state index contributed by atoms with van der Waals surface area (Å²) in [6, 6.07) is 14.8. The van der Waals surface area contributed by atoms with Crippen molar-refractivity contribution in [2.24, 2.45) is 0 Å². The van der Waals surface area contributed by atoms with Crippen molar-refractivity contribution in [2.75, 3.05) is 11.9 Å². The normalized spacial score (nSPS) is 10.6. The van der Waals surface area contributed by atoms with E-state index in [9.17, 15) is 0 Å². The van der Waals surface area contributed by atoms with E-state index in [1.807, 2.05) is 6.07 Å².